The molecule has 3 rings (SSSR count). The SMILES string of the molecule is C=CC(=O)COc1ccc(C(=O)Oc2ccc(-c3ccc(C#N)cc3)cc2)cc1. The number of hydrogen-bond donors (Lipinski definition) is 0. The Morgan fingerprint density at radius 2 is 1.41 bits per heavy atom. The van der Waals surface area contributed by atoms with Gasteiger partial charge in [0.25, 0.3) is 0 Å². The molecule has 0 aliphatic rings. The second-order valence-electron chi connectivity index (χ2n) is 6.09. The molecular weight excluding hydrogens is 366 g/mol. The predicted molar refractivity (Wildman–Crippen MR) is 109 cm³/mol. The van der Waals surface area contributed by atoms with Crippen LogP contribution in [0.25, 0.3) is 11.1 Å². The van der Waals surface area contributed by atoms with Gasteiger partial charge in [0.1, 0.15) is 11.5 Å². The van der Waals surface area contributed by atoms with Gasteiger partial charge < -0.3 is 9.47 Å². The smallest absolute Gasteiger partial charge is 0.343 e. The van der Waals surface area contributed by atoms with E-state index in [9.17, 15) is 9.59 Å². The molecule has 0 saturated heterocycles. The first-order chi connectivity index (χ1) is 14.1. The van der Waals surface area contributed by atoms with Gasteiger partial charge in [0.15, 0.2) is 12.4 Å². The summed E-state index contributed by atoms with van der Waals surface area (Å²) in [6.07, 6.45) is 1.19. The molecule has 0 spiro atoms. The van der Waals surface area contributed by atoms with E-state index in [4.69, 9.17) is 14.7 Å². The number of esters is 1. The molecule has 0 fully saturated rings. The average molecular weight is 383 g/mol. The molecule has 0 N–H and O–H groups in total. The number of ketones is 1. The molecule has 0 saturated carbocycles. The number of rotatable bonds is 7. The highest BCUT2D eigenvalue weighted by molar-refractivity contribution is 5.91. The van der Waals surface area contributed by atoms with Crippen LogP contribution >= 0.6 is 0 Å². The molecule has 0 aliphatic heterocycles. The van der Waals surface area contributed by atoms with E-state index in [1.165, 1.54) is 6.08 Å². The molecule has 0 atom stereocenters. The van der Waals surface area contributed by atoms with Crippen molar-refractivity contribution in [2.45, 2.75) is 0 Å². The van der Waals surface area contributed by atoms with Gasteiger partial charge in [-0.1, -0.05) is 30.8 Å². The Morgan fingerprint density at radius 3 is 1.97 bits per heavy atom. The molecule has 5 nitrogen and oxygen atoms in total. The minimum absolute atomic E-state index is 0.0983. The van der Waals surface area contributed by atoms with Gasteiger partial charge in [-0.2, -0.15) is 5.26 Å². The van der Waals surface area contributed by atoms with Crippen molar-refractivity contribution < 1.29 is 19.1 Å². The number of ether oxygens (including phenoxy) is 2. The van der Waals surface area contributed by atoms with Crippen molar-refractivity contribution in [3.63, 3.8) is 0 Å². The Kier molecular flexibility index (Phi) is 6.18. The van der Waals surface area contributed by atoms with Gasteiger partial charge in [-0.25, -0.2) is 4.79 Å². The van der Waals surface area contributed by atoms with Crippen molar-refractivity contribution in [1.82, 2.24) is 0 Å². The van der Waals surface area contributed by atoms with E-state index in [0.717, 1.165) is 11.1 Å². The van der Waals surface area contributed by atoms with Crippen LogP contribution in [0.4, 0.5) is 0 Å². The zero-order chi connectivity index (χ0) is 20.6. The van der Waals surface area contributed by atoms with E-state index in [2.05, 4.69) is 12.6 Å². The summed E-state index contributed by atoms with van der Waals surface area (Å²) in [7, 11) is 0. The molecule has 0 heterocycles. The lowest BCUT2D eigenvalue weighted by Gasteiger charge is -2.07. The number of carbonyl (C=O) groups is 2. The summed E-state index contributed by atoms with van der Waals surface area (Å²) in [6.45, 7) is 3.28. The van der Waals surface area contributed by atoms with E-state index in [0.29, 0.717) is 22.6 Å². The largest absolute Gasteiger partial charge is 0.485 e. The number of carbonyl (C=O) groups excluding carboxylic acids is 2. The van der Waals surface area contributed by atoms with Crippen molar-refractivity contribution in [1.29, 1.82) is 5.26 Å². The second-order valence-corrected chi connectivity index (χ2v) is 6.09. The highest BCUT2D eigenvalue weighted by Crippen LogP contribution is 2.23. The molecule has 142 valence electrons. The van der Waals surface area contributed by atoms with Crippen LogP contribution in [0.1, 0.15) is 15.9 Å². The summed E-state index contributed by atoms with van der Waals surface area (Å²) < 4.78 is 10.7. The second kappa shape index (κ2) is 9.16. The summed E-state index contributed by atoms with van der Waals surface area (Å²) in [5.41, 5.74) is 2.88. The van der Waals surface area contributed by atoms with Crippen LogP contribution in [0.5, 0.6) is 11.5 Å². The Balaban J connectivity index is 1.62. The quantitative estimate of drug-likeness (QED) is 0.339. The molecule has 0 bridgehead atoms. The minimum Gasteiger partial charge on any atom is -0.485 e. The Morgan fingerprint density at radius 1 is 0.862 bits per heavy atom. The zero-order valence-corrected chi connectivity index (χ0v) is 15.5. The normalized spacial score (nSPS) is 9.90. The number of benzene rings is 3. The Hall–Kier alpha value is -4.17. The number of nitriles is 1. The van der Waals surface area contributed by atoms with Gasteiger partial charge in [0.05, 0.1) is 17.2 Å². The maximum absolute atomic E-state index is 12.3. The van der Waals surface area contributed by atoms with E-state index in [1.54, 1.807) is 48.5 Å². The fourth-order valence-electron chi connectivity index (χ4n) is 2.52. The lowest BCUT2D eigenvalue weighted by Crippen LogP contribution is -2.09. The van der Waals surface area contributed by atoms with Crippen LogP contribution < -0.4 is 9.47 Å². The third kappa shape index (κ3) is 5.18. The molecule has 0 amide bonds. The standard InChI is InChI=1S/C24H17NO4/c1-2-21(26)16-28-22-11-9-20(10-12-22)24(27)29-23-13-7-19(8-14-23)18-5-3-17(15-25)4-6-18/h2-14H,1,16H2. The fourth-order valence-corrected chi connectivity index (χ4v) is 2.52. The number of nitrogens with zero attached hydrogens (tertiary/aromatic N) is 1. The first-order valence-corrected chi connectivity index (χ1v) is 8.80. The van der Waals surface area contributed by atoms with Crippen LogP contribution in [-0.2, 0) is 4.79 Å². The average Bonchev–Trinajstić information content (AvgIpc) is 2.78. The van der Waals surface area contributed by atoms with Gasteiger partial charge in [0, 0.05) is 0 Å². The van der Waals surface area contributed by atoms with Gasteiger partial charge >= 0.3 is 5.97 Å². The molecule has 0 aliphatic carbocycles. The molecular formula is C24H17NO4. The highest BCUT2D eigenvalue weighted by Gasteiger charge is 2.09. The van der Waals surface area contributed by atoms with Gasteiger partial charge in [-0.3, -0.25) is 4.79 Å². The van der Waals surface area contributed by atoms with Gasteiger partial charge in [-0.15, -0.1) is 0 Å². The molecule has 0 unspecified atom stereocenters. The van der Waals surface area contributed by atoms with Gasteiger partial charge in [-0.05, 0) is 65.7 Å². The lowest BCUT2D eigenvalue weighted by molar-refractivity contribution is -0.116. The van der Waals surface area contributed by atoms with E-state index in [1.807, 2.05) is 24.3 Å². The number of hydrogen-bond acceptors (Lipinski definition) is 5. The monoisotopic (exact) mass is 383 g/mol. The first-order valence-electron chi connectivity index (χ1n) is 8.80. The van der Waals surface area contributed by atoms with Crippen molar-refractivity contribution in [2.24, 2.45) is 0 Å². The maximum Gasteiger partial charge on any atom is 0.343 e. The van der Waals surface area contributed by atoms with Crippen molar-refractivity contribution in [2.75, 3.05) is 6.61 Å². The fraction of sp³-hybridized carbons (Fsp3) is 0.0417. The summed E-state index contributed by atoms with van der Waals surface area (Å²) in [4.78, 5) is 23.5. The van der Waals surface area contributed by atoms with Crippen LogP contribution in [-0.4, -0.2) is 18.4 Å². The summed E-state index contributed by atoms with van der Waals surface area (Å²) in [5, 5.41) is 8.87. The summed E-state index contributed by atoms with van der Waals surface area (Å²) in [6, 6.07) is 22.8. The maximum atomic E-state index is 12.3. The lowest BCUT2D eigenvalue weighted by atomic mass is 10.0. The van der Waals surface area contributed by atoms with Crippen molar-refractivity contribution >= 4 is 11.8 Å². The molecule has 0 aromatic heterocycles. The van der Waals surface area contributed by atoms with Crippen LogP contribution in [0, 0.1) is 11.3 Å². The molecule has 29 heavy (non-hydrogen) atoms. The highest BCUT2D eigenvalue weighted by atomic mass is 16.5. The van der Waals surface area contributed by atoms with E-state index in [-0.39, 0.29) is 12.4 Å². The Labute approximate surface area is 168 Å². The van der Waals surface area contributed by atoms with Gasteiger partial charge in [0.2, 0.25) is 0 Å². The molecule has 0 radical (unpaired) electrons. The molecule has 3 aromatic carbocycles. The summed E-state index contributed by atoms with van der Waals surface area (Å²) >= 11 is 0. The van der Waals surface area contributed by atoms with Crippen LogP contribution in [0.3, 0.4) is 0 Å². The van der Waals surface area contributed by atoms with Crippen molar-refractivity contribution in [3.05, 3.63) is 96.6 Å². The Bertz CT molecular complexity index is 1060. The molecule has 3 aromatic rings. The third-order valence-corrected chi connectivity index (χ3v) is 4.11. The molecule has 5 heteroatoms. The first kappa shape index (κ1) is 19.6. The van der Waals surface area contributed by atoms with Crippen LogP contribution in [0.15, 0.2) is 85.5 Å². The minimum atomic E-state index is -0.496. The topological polar surface area (TPSA) is 76.4 Å². The predicted octanol–water partition coefficient (Wildman–Crippen LogP) is 4.58. The third-order valence-electron chi connectivity index (χ3n) is 4.11. The van der Waals surface area contributed by atoms with Crippen LogP contribution in [0.2, 0.25) is 0 Å². The summed E-state index contributed by atoms with van der Waals surface area (Å²) in [5.74, 6) is 0.176. The van der Waals surface area contributed by atoms with E-state index < -0.39 is 5.97 Å². The van der Waals surface area contributed by atoms with E-state index >= 15 is 0 Å². The zero-order valence-electron chi connectivity index (χ0n) is 15.5. The van der Waals surface area contributed by atoms with Crippen molar-refractivity contribution in [3.8, 4) is 28.7 Å².